The summed E-state index contributed by atoms with van der Waals surface area (Å²) in [7, 11) is 0. The molecule has 6 heterocycles. The van der Waals surface area contributed by atoms with Crippen molar-refractivity contribution in [2.24, 2.45) is 0 Å². The standard InChI is InChI=1S/C79H78N6O10/c1-5-9-16-34-92-46-24-30-58-52(40-46)78(90)66-70(82-58)62-68(64-72(66)84-60-32-26-48(42-54(60)76(64)88)94-36-18-11-7-3)80-56-28-22-44(38-50(56)74(62)86)20-14-13-15-21-45-23-29-57-51(39-45)75(87)63-69(81-57)65-73(85-61-33-27-49(43-55(61)77(65)89)95-37-19-12-8-4)67-71(63)83-59-31-25-47(41-53(59)79(67)91)93-35-17-10-6-2/h22-33,38-43H,5-21,34-37H2,1-4H3,(H,80,86)(H,81,87)(H,82,90)(H,83,91)(H,84,88)(H,85,89). The van der Waals surface area contributed by atoms with Crippen LogP contribution in [0, 0.1) is 0 Å². The molecule has 8 aromatic carbocycles. The molecule has 0 fully saturated rings. The SMILES string of the molecule is CCCCCOc1ccc2[nH]c3c4c(=O)c5cc(CCCCCc6ccc7[nH]c8c(c(=O)c7c6)c6[nH]c7ccc(OCCCCC)cc7c(=O)c6c6[nH]c7ccc(OCCCCC)cc7c(=O)c86)ccc5[nH]c4c4c(=O)c5cc(OCCCCC)ccc5[nH]c4c3c(=O)c2c1. The normalized spacial score (nSPS) is 12.1. The molecule has 0 atom stereocenters. The van der Waals surface area contributed by atoms with Gasteiger partial charge in [0, 0.05) is 43.4 Å². The lowest BCUT2D eigenvalue weighted by molar-refractivity contribution is 0.306. The van der Waals surface area contributed by atoms with E-state index >= 15 is 28.8 Å². The smallest absolute Gasteiger partial charge is 0.199 e. The summed E-state index contributed by atoms with van der Waals surface area (Å²) in [5, 5.41) is 3.66. The number of nitrogens with one attached hydrogen (secondary N) is 6. The first kappa shape index (κ1) is 62.2. The summed E-state index contributed by atoms with van der Waals surface area (Å²) in [5.41, 5.74) is 5.18. The zero-order chi connectivity index (χ0) is 65.4. The maximum atomic E-state index is 15.3. The van der Waals surface area contributed by atoms with Gasteiger partial charge in [-0.2, -0.15) is 0 Å². The van der Waals surface area contributed by atoms with E-state index < -0.39 is 0 Å². The molecule has 0 spiro atoms. The number of benzene rings is 8. The van der Waals surface area contributed by atoms with Crippen molar-refractivity contribution in [1.82, 2.24) is 29.9 Å². The number of aryl methyl sites for hydroxylation is 2. The van der Waals surface area contributed by atoms with E-state index in [2.05, 4.69) is 57.6 Å². The predicted molar refractivity (Wildman–Crippen MR) is 388 cm³/mol. The van der Waals surface area contributed by atoms with Crippen LogP contribution in [0.15, 0.2) is 138 Å². The van der Waals surface area contributed by atoms with Gasteiger partial charge in [-0.25, -0.2) is 0 Å². The average Bonchev–Trinajstić information content (AvgIpc) is 0.710. The third-order valence-electron chi connectivity index (χ3n) is 19.0. The van der Waals surface area contributed by atoms with Crippen molar-refractivity contribution < 1.29 is 18.9 Å². The molecule has 0 radical (unpaired) electrons. The number of hydrogen-bond acceptors (Lipinski definition) is 10. The van der Waals surface area contributed by atoms with E-state index in [1.807, 2.05) is 72.8 Å². The fraction of sp³-hybridized carbons (Fsp3) is 0.316. The maximum absolute atomic E-state index is 15.3. The van der Waals surface area contributed by atoms with Gasteiger partial charge in [-0.15, -0.1) is 0 Å². The summed E-state index contributed by atoms with van der Waals surface area (Å²) < 4.78 is 24.4. The number of unbranched alkanes of at least 4 members (excludes halogenated alkanes) is 10. The van der Waals surface area contributed by atoms with Gasteiger partial charge in [0.25, 0.3) is 0 Å². The molecule has 0 amide bonds. The van der Waals surface area contributed by atoms with E-state index in [0.717, 1.165) is 107 Å². The summed E-state index contributed by atoms with van der Waals surface area (Å²) in [6.07, 6.45) is 15.6. The lowest BCUT2D eigenvalue weighted by Gasteiger charge is -2.14. The Kier molecular flexibility index (Phi) is 17.5. The minimum absolute atomic E-state index is 0.209. The molecule has 16 nitrogen and oxygen atoms in total. The van der Waals surface area contributed by atoms with Gasteiger partial charge in [0.1, 0.15) is 23.0 Å². The minimum atomic E-state index is -0.334. The molecule has 484 valence electrons. The predicted octanol–water partition coefficient (Wildman–Crippen LogP) is 16.9. The van der Waals surface area contributed by atoms with Crippen LogP contribution in [0.25, 0.3) is 131 Å². The Morgan fingerprint density at radius 2 is 0.474 bits per heavy atom. The second kappa shape index (κ2) is 26.6. The van der Waals surface area contributed by atoms with Crippen LogP contribution in [0.5, 0.6) is 23.0 Å². The Morgan fingerprint density at radius 1 is 0.253 bits per heavy atom. The number of aromatic amines is 6. The van der Waals surface area contributed by atoms with E-state index in [1.165, 1.54) is 0 Å². The van der Waals surface area contributed by atoms with E-state index in [1.54, 1.807) is 36.4 Å². The summed E-state index contributed by atoms with van der Waals surface area (Å²) in [5.74, 6) is 2.25. The van der Waals surface area contributed by atoms with Gasteiger partial charge in [-0.05, 0) is 160 Å². The Hall–Kier alpha value is -10.2. The molecule has 0 aliphatic heterocycles. The van der Waals surface area contributed by atoms with Crippen LogP contribution < -0.4 is 51.5 Å². The van der Waals surface area contributed by atoms with Crippen molar-refractivity contribution in [3.8, 4) is 23.0 Å². The number of aromatic nitrogens is 6. The summed E-state index contributed by atoms with van der Waals surface area (Å²) in [4.78, 5) is 112. The largest absolute Gasteiger partial charge is 0.494 e. The zero-order valence-corrected chi connectivity index (χ0v) is 54.3. The molecular weight excluding hydrogens is 1190 g/mol. The fourth-order valence-corrected chi connectivity index (χ4v) is 14.0. The average molecular weight is 1270 g/mol. The van der Waals surface area contributed by atoms with E-state index in [9.17, 15) is 0 Å². The molecule has 0 aliphatic rings. The molecule has 14 rings (SSSR count). The van der Waals surface area contributed by atoms with Crippen LogP contribution >= 0.6 is 0 Å². The summed E-state index contributed by atoms with van der Waals surface area (Å²) in [6, 6.07) is 33.1. The Labute approximate surface area is 545 Å². The molecule has 0 unspecified atom stereocenters. The van der Waals surface area contributed by atoms with Crippen LogP contribution in [0.1, 0.15) is 135 Å². The van der Waals surface area contributed by atoms with Gasteiger partial charge >= 0.3 is 0 Å². The van der Waals surface area contributed by atoms with Crippen LogP contribution in [0.3, 0.4) is 0 Å². The Morgan fingerprint density at radius 3 is 0.705 bits per heavy atom. The van der Waals surface area contributed by atoms with Gasteiger partial charge in [-0.3, -0.25) is 28.8 Å². The van der Waals surface area contributed by atoms with E-state index in [-0.39, 0.29) is 64.9 Å². The first-order valence-corrected chi connectivity index (χ1v) is 34.2. The number of rotatable bonds is 26. The van der Waals surface area contributed by atoms with Crippen molar-refractivity contribution in [1.29, 1.82) is 0 Å². The van der Waals surface area contributed by atoms with Gasteiger partial charge in [-0.1, -0.05) is 97.6 Å². The van der Waals surface area contributed by atoms with Crippen molar-refractivity contribution in [2.75, 3.05) is 26.4 Å². The molecule has 6 N–H and O–H groups in total. The molecule has 16 heteroatoms. The lowest BCUT2D eigenvalue weighted by Crippen LogP contribution is -2.15. The molecule has 95 heavy (non-hydrogen) atoms. The Bertz CT molecular complexity index is 5280. The number of hydrogen-bond donors (Lipinski definition) is 6. The van der Waals surface area contributed by atoms with Gasteiger partial charge in [0.05, 0.1) is 114 Å². The minimum Gasteiger partial charge on any atom is -0.494 e. The molecule has 6 aromatic heterocycles. The third kappa shape index (κ3) is 11.6. The lowest BCUT2D eigenvalue weighted by atomic mass is 9.97. The van der Waals surface area contributed by atoms with Crippen molar-refractivity contribution >= 4 is 131 Å². The maximum Gasteiger partial charge on any atom is 0.199 e. The molecule has 0 bridgehead atoms. The second-order valence-electron chi connectivity index (χ2n) is 25.6. The Balaban J connectivity index is 0.787. The topological polar surface area (TPSA) is 234 Å². The third-order valence-corrected chi connectivity index (χ3v) is 19.0. The number of fused-ring (bicyclic) bond motifs is 18. The monoisotopic (exact) mass is 1270 g/mol. The first-order chi connectivity index (χ1) is 46.4. The molecule has 14 aromatic rings. The highest BCUT2D eigenvalue weighted by atomic mass is 16.5. The van der Waals surface area contributed by atoms with Gasteiger partial charge < -0.3 is 48.9 Å². The molecule has 0 saturated heterocycles. The number of ether oxygens (including phenoxy) is 4. The molecule has 0 aliphatic carbocycles. The van der Waals surface area contributed by atoms with Gasteiger partial charge in [0.2, 0.25) is 0 Å². The highest BCUT2D eigenvalue weighted by Crippen LogP contribution is 2.36. The number of pyridine rings is 6. The first-order valence-electron chi connectivity index (χ1n) is 34.2. The van der Waals surface area contributed by atoms with Crippen molar-refractivity contribution in [2.45, 2.75) is 137 Å². The summed E-state index contributed by atoms with van der Waals surface area (Å²) >= 11 is 0. The number of H-pyrrole nitrogens is 6. The highest BCUT2D eigenvalue weighted by Gasteiger charge is 2.25. The quantitative estimate of drug-likeness (QED) is 0.0170. The summed E-state index contributed by atoms with van der Waals surface area (Å²) in [6.45, 7) is 10.6. The molecular formula is C79H78N6O10. The fourth-order valence-electron chi connectivity index (χ4n) is 14.0. The highest BCUT2D eigenvalue weighted by molar-refractivity contribution is 6.27. The van der Waals surface area contributed by atoms with E-state index in [0.29, 0.717) is 161 Å². The van der Waals surface area contributed by atoms with Crippen molar-refractivity contribution in [3.05, 3.63) is 182 Å². The molecule has 0 saturated carbocycles. The van der Waals surface area contributed by atoms with Crippen molar-refractivity contribution in [3.63, 3.8) is 0 Å². The van der Waals surface area contributed by atoms with Crippen LogP contribution in [0.2, 0.25) is 0 Å². The van der Waals surface area contributed by atoms with Crippen LogP contribution in [0.4, 0.5) is 0 Å². The van der Waals surface area contributed by atoms with Gasteiger partial charge in [0.15, 0.2) is 32.6 Å². The second-order valence-corrected chi connectivity index (χ2v) is 25.6. The van der Waals surface area contributed by atoms with E-state index in [4.69, 9.17) is 18.9 Å². The van der Waals surface area contributed by atoms with Crippen LogP contribution in [-0.2, 0) is 12.8 Å². The van der Waals surface area contributed by atoms with Crippen LogP contribution in [-0.4, -0.2) is 56.3 Å². The zero-order valence-electron chi connectivity index (χ0n) is 54.3.